The minimum Gasteiger partial charge on any atom is -0.455 e. The first-order chi connectivity index (χ1) is 33.3. The molecule has 0 bridgehead atoms. The van der Waals surface area contributed by atoms with E-state index in [1.54, 1.807) is 0 Å². The molecule has 12 aromatic rings. The van der Waals surface area contributed by atoms with Crippen LogP contribution in [-0.2, 0) is 5.41 Å². The van der Waals surface area contributed by atoms with E-state index in [-0.39, 0.29) is 0 Å². The monoisotopic (exact) mass is 853 g/mol. The fourth-order valence-electron chi connectivity index (χ4n) is 11.1. The Bertz CT molecular complexity index is 3760. The third-order valence-electron chi connectivity index (χ3n) is 14.0. The van der Waals surface area contributed by atoms with Crippen molar-refractivity contribution in [3.63, 3.8) is 0 Å². The van der Waals surface area contributed by atoms with Crippen LogP contribution in [0, 0.1) is 0 Å². The number of hydrogen-bond donors (Lipinski definition) is 0. The van der Waals surface area contributed by atoms with Gasteiger partial charge < -0.3 is 9.32 Å². The number of rotatable bonds is 8. The van der Waals surface area contributed by atoms with Gasteiger partial charge in [0.25, 0.3) is 0 Å². The molecule has 2 heteroatoms. The number of hydrogen-bond acceptors (Lipinski definition) is 2. The summed E-state index contributed by atoms with van der Waals surface area (Å²) in [5.41, 5.74) is 18.9. The molecule has 0 atom stereocenters. The van der Waals surface area contributed by atoms with Crippen molar-refractivity contribution in [1.82, 2.24) is 0 Å². The van der Waals surface area contributed by atoms with E-state index in [4.69, 9.17) is 4.42 Å². The minimum absolute atomic E-state index is 0.544. The largest absolute Gasteiger partial charge is 0.455 e. The van der Waals surface area contributed by atoms with Gasteiger partial charge in [0.1, 0.15) is 11.2 Å². The Morgan fingerprint density at radius 1 is 0.328 bits per heavy atom. The number of nitrogens with zero attached hydrogens (tertiary/aromatic N) is 1. The molecular weight excluding hydrogens is 811 g/mol. The Hall–Kier alpha value is -8.72. The zero-order valence-electron chi connectivity index (χ0n) is 36.7. The molecule has 11 aromatic carbocycles. The van der Waals surface area contributed by atoms with Crippen LogP contribution in [0.4, 0.5) is 17.1 Å². The third-order valence-corrected chi connectivity index (χ3v) is 14.0. The second kappa shape index (κ2) is 15.8. The lowest BCUT2D eigenvalue weighted by atomic mass is 9.68. The van der Waals surface area contributed by atoms with E-state index in [2.05, 4.69) is 260 Å². The fraction of sp³-hybridized carbons (Fsp3) is 0.0154. The molecule has 0 N–H and O–H groups in total. The molecule has 0 aliphatic heterocycles. The lowest BCUT2D eigenvalue weighted by Crippen LogP contribution is -2.28. The number of fused-ring (bicyclic) bond motifs is 7. The SMILES string of the molecule is c1ccc(C2(c3ccccc3)c3ccccc3-c3c(N(c4ccc(-c5cccc6c5oc5ccccc56)cc4)c4ccccc4-c4cccc(-c5cccc6ccccc56)c4)cccc32)cc1. The molecule has 0 spiro atoms. The van der Waals surface area contributed by atoms with Crippen molar-refractivity contribution in [3.8, 4) is 44.5 Å². The topological polar surface area (TPSA) is 16.4 Å². The molecule has 0 amide bonds. The highest BCUT2D eigenvalue weighted by atomic mass is 16.3. The Balaban J connectivity index is 1.05. The highest BCUT2D eigenvalue weighted by Gasteiger charge is 2.47. The molecule has 1 heterocycles. The van der Waals surface area contributed by atoms with Gasteiger partial charge in [-0.3, -0.25) is 0 Å². The molecule has 1 aromatic heterocycles. The highest BCUT2D eigenvalue weighted by Crippen LogP contribution is 2.60. The predicted octanol–water partition coefficient (Wildman–Crippen LogP) is 17.6. The van der Waals surface area contributed by atoms with Gasteiger partial charge in [0.15, 0.2) is 0 Å². The molecule has 1 aliphatic carbocycles. The van der Waals surface area contributed by atoms with E-state index in [1.807, 2.05) is 6.07 Å². The lowest BCUT2D eigenvalue weighted by Gasteiger charge is -2.34. The van der Waals surface area contributed by atoms with Gasteiger partial charge in [0.05, 0.1) is 16.8 Å². The first kappa shape index (κ1) is 38.7. The van der Waals surface area contributed by atoms with Crippen LogP contribution < -0.4 is 4.90 Å². The number of para-hydroxylation sites is 3. The van der Waals surface area contributed by atoms with Crippen molar-refractivity contribution in [2.24, 2.45) is 0 Å². The molecule has 2 nitrogen and oxygen atoms in total. The standard InChI is InChI=1S/C65H43NO/c1-3-23-48(24-4-1)65(49-25-5-2-6-26-49)58-34-12-9-30-57(58)63-59(65)35-18-37-61(63)66(50-41-39-45(40-42-50)54-32-17-33-56-55-29-11-14-38-62(55)67-64(54)56)60-36-13-10-28-53(60)47-22-15-21-46(43-47)52-31-16-20-44-19-7-8-27-51(44)52/h1-43H. The van der Waals surface area contributed by atoms with Crippen molar-refractivity contribution in [2.75, 3.05) is 4.90 Å². The lowest BCUT2D eigenvalue weighted by molar-refractivity contribution is 0.670. The van der Waals surface area contributed by atoms with E-state index in [0.29, 0.717) is 0 Å². The average Bonchev–Trinajstić information content (AvgIpc) is 3.94. The summed E-state index contributed by atoms with van der Waals surface area (Å²) in [6.07, 6.45) is 0. The van der Waals surface area contributed by atoms with Crippen molar-refractivity contribution in [2.45, 2.75) is 5.41 Å². The molecule has 0 radical (unpaired) electrons. The highest BCUT2D eigenvalue weighted by molar-refractivity contribution is 6.10. The van der Waals surface area contributed by atoms with Gasteiger partial charge in [0.2, 0.25) is 0 Å². The van der Waals surface area contributed by atoms with E-state index in [9.17, 15) is 0 Å². The van der Waals surface area contributed by atoms with Crippen LogP contribution in [0.3, 0.4) is 0 Å². The first-order valence-corrected chi connectivity index (χ1v) is 23.1. The van der Waals surface area contributed by atoms with Crippen molar-refractivity contribution < 1.29 is 4.42 Å². The van der Waals surface area contributed by atoms with Crippen LogP contribution in [-0.4, -0.2) is 0 Å². The van der Waals surface area contributed by atoms with Crippen LogP contribution in [0.15, 0.2) is 265 Å². The van der Waals surface area contributed by atoms with Crippen molar-refractivity contribution in [3.05, 3.63) is 283 Å². The van der Waals surface area contributed by atoms with E-state index >= 15 is 0 Å². The number of anilines is 3. The van der Waals surface area contributed by atoms with Gasteiger partial charge in [-0.25, -0.2) is 0 Å². The van der Waals surface area contributed by atoms with Crippen LogP contribution in [0.1, 0.15) is 22.3 Å². The maximum absolute atomic E-state index is 6.55. The van der Waals surface area contributed by atoms with Crippen molar-refractivity contribution >= 4 is 49.8 Å². The van der Waals surface area contributed by atoms with E-state index in [1.165, 1.54) is 55.3 Å². The second-order valence-corrected chi connectivity index (χ2v) is 17.5. The molecule has 314 valence electrons. The summed E-state index contributed by atoms with van der Waals surface area (Å²) in [5.74, 6) is 0. The van der Waals surface area contributed by atoms with Crippen molar-refractivity contribution in [1.29, 1.82) is 0 Å². The second-order valence-electron chi connectivity index (χ2n) is 17.5. The average molecular weight is 854 g/mol. The van der Waals surface area contributed by atoms with Gasteiger partial charge in [-0.05, 0) is 97.2 Å². The zero-order valence-corrected chi connectivity index (χ0v) is 36.7. The summed E-state index contributed by atoms with van der Waals surface area (Å²) in [6, 6.07) is 95.1. The fourth-order valence-corrected chi connectivity index (χ4v) is 11.1. The first-order valence-electron chi connectivity index (χ1n) is 23.1. The zero-order chi connectivity index (χ0) is 44.3. The maximum atomic E-state index is 6.55. The predicted molar refractivity (Wildman–Crippen MR) is 280 cm³/mol. The summed E-state index contributed by atoms with van der Waals surface area (Å²) in [7, 11) is 0. The van der Waals surface area contributed by atoms with Crippen LogP contribution in [0.5, 0.6) is 0 Å². The Labute approximate surface area is 390 Å². The molecule has 67 heavy (non-hydrogen) atoms. The van der Waals surface area contributed by atoms with Crippen LogP contribution >= 0.6 is 0 Å². The summed E-state index contributed by atoms with van der Waals surface area (Å²) in [5, 5.41) is 4.73. The quantitative estimate of drug-likeness (QED) is 0.151. The van der Waals surface area contributed by atoms with E-state index in [0.717, 1.165) is 61.3 Å². The third kappa shape index (κ3) is 6.11. The Morgan fingerprint density at radius 2 is 0.866 bits per heavy atom. The summed E-state index contributed by atoms with van der Waals surface area (Å²) in [6.45, 7) is 0. The van der Waals surface area contributed by atoms with Gasteiger partial charge in [0, 0.05) is 33.2 Å². The van der Waals surface area contributed by atoms with Gasteiger partial charge in [-0.2, -0.15) is 0 Å². The van der Waals surface area contributed by atoms with E-state index < -0.39 is 5.41 Å². The summed E-state index contributed by atoms with van der Waals surface area (Å²) >= 11 is 0. The van der Waals surface area contributed by atoms with Gasteiger partial charge >= 0.3 is 0 Å². The minimum atomic E-state index is -0.544. The Morgan fingerprint density at radius 3 is 1.67 bits per heavy atom. The van der Waals surface area contributed by atoms with Crippen LogP contribution in [0.2, 0.25) is 0 Å². The normalized spacial score (nSPS) is 12.6. The maximum Gasteiger partial charge on any atom is 0.143 e. The summed E-state index contributed by atoms with van der Waals surface area (Å²) in [4.78, 5) is 2.49. The molecule has 1 aliphatic rings. The molecule has 0 saturated heterocycles. The molecule has 13 rings (SSSR count). The summed E-state index contributed by atoms with van der Waals surface area (Å²) < 4.78 is 6.55. The molecule has 0 saturated carbocycles. The smallest absolute Gasteiger partial charge is 0.143 e. The van der Waals surface area contributed by atoms with Gasteiger partial charge in [-0.15, -0.1) is 0 Å². The molecular formula is C65H43NO. The van der Waals surface area contributed by atoms with Crippen LogP contribution in [0.25, 0.3) is 77.2 Å². The van der Waals surface area contributed by atoms with Gasteiger partial charge in [-0.1, -0.05) is 224 Å². The Kier molecular flexibility index (Phi) is 9.11. The number of furan rings is 1. The molecule has 0 unspecified atom stereocenters. The molecule has 0 fully saturated rings. The number of benzene rings is 11.